The van der Waals surface area contributed by atoms with Gasteiger partial charge in [0.05, 0.1) is 0 Å². The minimum absolute atomic E-state index is 0.0588. The van der Waals surface area contributed by atoms with E-state index in [1.165, 1.54) is 5.56 Å². The summed E-state index contributed by atoms with van der Waals surface area (Å²) in [6.45, 7) is 3.55. The van der Waals surface area contributed by atoms with Crippen molar-refractivity contribution in [2.75, 3.05) is 33.2 Å². The lowest BCUT2D eigenvalue weighted by Crippen LogP contribution is -2.44. The van der Waals surface area contributed by atoms with E-state index in [1.807, 2.05) is 84.7 Å². The van der Waals surface area contributed by atoms with Crippen molar-refractivity contribution < 1.29 is 9.90 Å². The van der Waals surface area contributed by atoms with Crippen LogP contribution in [0.25, 0.3) is 0 Å². The number of likely N-dealkylation sites (N-methyl/N-ethyl adjacent to an activating group) is 1. The molecule has 1 aliphatic heterocycles. The van der Waals surface area contributed by atoms with E-state index in [4.69, 9.17) is 0 Å². The summed E-state index contributed by atoms with van der Waals surface area (Å²) in [6, 6.07) is 40.4. The summed E-state index contributed by atoms with van der Waals surface area (Å²) in [5, 5.41) is 12.2. The molecule has 1 saturated heterocycles. The van der Waals surface area contributed by atoms with Crippen molar-refractivity contribution in [1.82, 2.24) is 9.80 Å². The number of hydrogen-bond acceptors (Lipinski definition) is 3. The zero-order chi connectivity index (χ0) is 27.8. The Morgan fingerprint density at radius 1 is 0.800 bits per heavy atom. The smallest absolute Gasteiger partial charge is 0.253 e. The summed E-state index contributed by atoms with van der Waals surface area (Å²) in [7, 11) is 1.91. The van der Waals surface area contributed by atoms with Crippen LogP contribution in [0, 0.1) is 5.92 Å². The second-order valence-electron chi connectivity index (χ2n) is 11.1. The van der Waals surface area contributed by atoms with Crippen molar-refractivity contribution in [2.45, 2.75) is 30.8 Å². The Kier molecular flexibility index (Phi) is 9.10. The van der Waals surface area contributed by atoms with E-state index < -0.39 is 5.60 Å². The van der Waals surface area contributed by atoms with Gasteiger partial charge >= 0.3 is 0 Å². The summed E-state index contributed by atoms with van der Waals surface area (Å²) in [5.41, 5.74) is 2.93. The fourth-order valence-corrected chi connectivity index (χ4v) is 6.24. The van der Waals surface area contributed by atoms with Gasteiger partial charge in [0.15, 0.2) is 0 Å². The quantitative estimate of drug-likeness (QED) is 0.251. The molecule has 1 atom stereocenters. The third-order valence-corrected chi connectivity index (χ3v) is 8.53. The molecule has 0 aliphatic carbocycles. The lowest BCUT2D eigenvalue weighted by molar-refractivity contribution is -0.0145. The molecular weight excluding hydrogens is 492 g/mol. The van der Waals surface area contributed by atoms with Gasteiger partial charge in [-0.15, -0.1) is 0 Å². The highest BCUT2D eigenvalue weighted by Crippen LogP contribution is 2.42. The molecule has 0 bridgehead atoms. The Labute approximate surface area is 238 Å². The van der Waals surface area contributed by atoms with Crippen LogP contribution in [0.1, 0.15) is 52.2 Å². The highest BCUT2D eigenvalue weighted by molar-refractivity contribution is 5.94. The number of likely N-dealkylation sites (tertiary alicyclic amines) is 1. The predicted octanol–water partition coefficient (Wildman–Crippen LogP) is 6.58. The summed E-state index contributed by atoms with van der Waals surface area (Å²) < 4.78 is 0. The van der Waals surface area contributed by atoms with Crippen molar-refractivity contribution in [3.05, 3.63) is 144 Å². The first-order valence-corrected chi connectivity index (χ1v) is 14.5. The van der Waals surface area contributed by atoms with Gasteiger partial charge in [0.1, 0.15) is 5.60 Å². The van der Waals surface area contributed by atoms with Crippen LogP contribution in [-0.4, -0.2) is 54.0 Å². The molecule has 1 amide bonds. The number of nitrogens with zero attached hydrogens (tertiary/aromatic N) is 2. The number of aliphatic hydroxyl groups is 1. The lowest BCUT2D eigenvalue weighted by Gasteiger charge is -2.42. The Hall–Kier alpha value is -3.73. The van der Waals surface area contributed by atoms with Gasteiger partial charge in [0, 0.05) is 25.1 Å². The zero-order valence-electron chi connectivity index (χ0n) is 23.4. The zero-order valence-corrected chi connectivity index (χ0v) is 23.4. The molecule has 1 heterocycles. The summed E-state index contributed by atoms with van der Waals surface area (Å²) >= 11 is 0. The molecule has 1 N–H and O–H groups in total. The fourth-order valence-electron chi connectivity index (χ4n) is 6.24. The van der Waals surface area contributed by atoms with Crippen LogP contribution in [0.15, 0.2) is 121 Å². The maximum absolute atomic E-state index is 13.1. The van der Waals surface area contributed by atoms with Gasteiger partial charge in [0.25, 0.3) is 5.91 Å². The average Bonchev–Trinajstić information content (AvgIpc) is 3.04. The van der Waals surface area contributed by atoms with E-state index in [-0.39, 0.29) is 17.7 Å². The van der Waals surface area contributed by atoms with Crippen LogP contribution < -0.4 is 0 Å². The van der Waals surface area contributed by atoms with Crippen molar-refractivity contribution in [1.29, 1.82) is 0 Å². The van der Waals surface area contributed by atoms with Crippen molar-refractivity contribution in [3.8, 4) is 0 Å². The number of rotatable bonds is 10. The first-order chi connectivity index (χ1) is 19.6. The number of carbonyl (C=O) groups excluding carboxylic acids is 1. The SMILES string of the molecule is CN(CC(CCN1CCC(C(O)(c2ccccc2)c2ccccc2)CC1)c1ccccc1)C(=O)c1ccccc1. The molecule has 0 spiro atoms. The molecule has 206 valence electrons. The molecule has 0 saturated carbocycles. The van der Waals surface area contributed by atoms with E-state index in [0.717, 1.165) is 55.6 Å². The molecule has 0 radical (unpaired) electrons. The number of piperidine rings is 1. The van der Waals surface area contributed by atoms with Crippen LogP contribution in [0.3, 0.4) is 0 Å². The van der Waals surface area contributed by atoms with Crippen molar-refractivity contribution >= 4 is 5.91 Å². The minimum Gasteiger partial charge on any atom is -0.380 e. The Balaban J connectivity index is 1.24. The van der Waals surface area contributed by atoms with E-state index in [0.29, 0.717) is 6.54 Å². The number of carbonyl (C=O) groups is 1. The molecule has 1 unspecified atom stereocenters. The van der Waals surface area contributed by atoms with Gasteiger partial charge in [-0.25, -0.2) is 0 Å². The van der Waals surface area contributed by atoms with Gasteiger partial charge in [-0.05, 0) is 73.6 Å². The largest absolute Gasteiger partial charge is 0.380 e. The molecule has 4 nitrogen and oxygen atoms in total. The van der Waals surface area contributed by atoms with Gasteiger partial charge < -0.3 is 14.9 Å². The number of hydrogen-bond donors (Lipinski definition) is 1. The average molecular weight is 533 g/mol. The van der Waals surface area contributed by atoms with Crippen molar-refractivity contribution in [3.63, 3.8) is 0 Å². The molecule has 40 heavy (non-hydrogen) atoms. The molecule has 4 heteroatoms. The van der Waals surface area contributed by atoms with Gasteiger partial charge in [-0.1, -0.05) is 109 Å². The predicted molar refractivity (Wildman–Crippen MR) is 162 cm³/mol. The highest BCUT2D eigenvalue weighted by atomic mass is 16.3. The summed E-state index contributed by atoms with van der Waals surface area (Å²) in [5.74, 6) is 0.457. The Morgan fingerprint density at radius 3 is 1.80 bits per heavy atom. The van der Waals surface area contributed by atoms with E-state index in [9.17, 15) is 9.90 Å². The van der Waals surface area contributed by atoms with E-state index in [1.54, 1.807) is 0 Å². The highest BCUT2D eigenvalue weighted by Gasteiger charge is 2.41. The van der Waals surface area contributed by atoms with Gasteiger partial charge in [0.2, 0.25) is 0 Å². The summed E-state index contributed by atoms with van der Waals surface area (Å²) in [6.07, 6.45) is 2.84. The molecule has 4 aromatic carbocycles. The van der Waals surface area contributed by atoms with Crippen LogP contribution in [0.4, 0.5) is 0 Å². The summed E-state index contributed by atoms with van der Waals surface area (Å²) in [4.78, 5) is 17.5. The number of amides is 1. The molecule has 1 aliphatic rings. The lowest BCUT2D eigenvalue weighted by atomic mass is 9.72. The van der Waals surface area contributed by atoms with Gasteiger partial charge in [-0.2, -0.15) is 0 Å². The van der Waals surface area contributed by atoms with E-state index in [2.05, 4.69) is 53.4 Å². The fraction of sp³-hybridized carbons (Fsp3) is 0.306. The van der Waals surface area contributed by atoms with Crippen LogP contribution in [-0.2, 0) is 5.60 Å². The Morgan fingerprint density at radius 2 is 1.27 bits per heavy atom. The minimum atomic E-state index is -0.998. The Bertz CT molecular complexity index is 1280. The topological polar surface area (TPSA) is 43.8 Å². The second kappa shape index (κ2) is 13.1. The molecule has 4 aromatic rings. The first-order valence-electron chi connectivity index (χ1n) is 14.5. The second-order valence-corrected chi connectivity index (χ2v) is 11.1. The number of benzene rings is 4. The molecule has 0 aromatic heterocycles. The van der Waals surface area contributed by atoms with E-state index >= 15 is 0 Å². The normalized spacial score (nSPS) is 15.4. The van der Waals surface area contributed by atoms with Gasteiger partial charge in [-0.3, -0.25) is 4.79 Å². The molecule has 5 rings (SSSR count). The molecule has 1 fully saturated rings. The third kappa shape index (κ3) is 6.35. The maximum Gasteiger partial charge on any atom is 0.253 e. The van der Waals surface area contributed by atoms with Crippen LogP contribution in [0.5, 0.6) is 0 Å². The maximum atomic E-state index is 13.1. The monoisotopic (exact) mass is 532 g/mol. The third-order valence-electron chi connectivity index (χ3n) is 8.53. The first kappa shape index (κ1) is 27.8. The standard InChI is InChI=1S/C36H40N2O2/c1-37(35(39)30-16-8-3-9-17-30)28-31(29-14-6-2-7-15-29)22-25-38-26-23-34(24-27-38)36(40,32-18-10-4-11-19-32)33-20-12-5-13-21-33/h2-21,31,34,40H,22-28H2,1H3. The van der Waals surface area contributed by atoms with Crippen LogP contribution >= 0.6 is 0 Å². The van der Waals surface area contributed by atoms with Crippen LogP contribution in [0.2, 0.25) is 0 Å². The van der Waals surface area contributed by atoms with Crippen molar-refractivity contribution in [2.24, 2.45) is 5.92 Å². The molecular formula is C36H40N2O2.